The van der Waals surface area contributed by atoms with E-state index in [1.54, 1.807) is 0 Å². The highest BCUT2D eigenvalue weighted by molar-refractivity contribution is 5.52. The first-order valence-corrected chi connectivity index (χ1v) is 6.99. The van der Waals surface area contributed by atoms with Gasteiger partial charge in [-0.2, -0.15) is 10.4 Å². The third-order valence-corrected chi connectivity index (χ3v) is 3.72. The molecule has 2 heterocycles. The molecule has 1 aliphatic heterocycles. The maximum absolute atomic E-state index is 9.25. The summed E-state index contributed by atoms with van der Waals surface area (Å²) in [5.74, 6) is 1.15. The molecule has 1 N–H and O–H groups in total. The lowest BCUT2D eigenvalue weighted by Gasteiger charge is -2.16. The van der Waals surface area contributed by atoms with Gasteiger partial charge < -0.3 is 10.1 Å². The van der Waals surface area contributed by atoms with Gasteiger partial charge in [0.1, 0.15) is 6.07 Å². The van der Waals surface area contributed by atoms with Crippen LogP contribution in [0.2, 0.25) is 0 Å². The number of rotatable bonds is 3. The Hall–Kier alpha value is -1.67. The Kier molecular flexibility index (Phi) is 3.60. The summed E-state index contributed by atoms with van der Waals surface area (Å²) in [7, 11) is 0. The Morgan fingerprint density at radius 1 is 1.21 bits per heavy atom. The number of aromatic nitrogens is 2. The molecular formula is C14H18N4O. The highest BCUT2D eigenvalue weighted by Crippen LogP contribution is 2.39. The molecule has 1 unspecified atom stereocenters. The lowest BCUT2D eigenvalue weighted by Crippen LogP contribution is -2.21. The molecule has 2 aliphatic rings. The molecule has 0 aromatic carbocycles. The molecule has 1 aromatic rings. The van der Waals surface area contributed by atoms with Crippen LogP contribution in [0.25, 0.3) is 0 Å². The van der Waals surface area contributed by atoms with Crippen molar-refractivity contribution in [3.05, 3.63) is 17.3 Å². The van der Waals surface area contributed by atoms with Gasteiger partial charge in [-0.1, -0.05) is 0 Å². The van der Waals surface area contributed by atoms with E-state index < -0.39 is 0 Å². The molecule has 1 saturated carbocycles. The van der Waals surface area contributed by atoms with E-state index in [0.29, 0.717) is 23.3 Å². The molecule has 1 atom stereocenters. The average Bonchev–Trinajstić information content (AvgIpc) is 3.26. The standard InChI is InChI=1S/C14H18N4O/c15-9-11-8-13(10-3-4-10)17-18-14(11)16-12-2-1-6-19-7-5-12/h8,10,12H,1-7H2,(H,16,18). The number of anilines is 1. The summed E-state index contributed by atoms with van der Waals surface area (Å²) in [4.78, 5) is 0. The minimum Gasteiger partial charge on any atom is -0.381 e. The molecule has 5 nitrogen and oxygen atoms in total. The van der Waals surface area contributed by atoms with Crippen LogP contribution in [-0.2, 0) is 4.74 Å². The summed E-state index contributed by atoms with van der Waals surface area (Å²) in [6, 6.07) is 4.45. The SMILES string of the molecule is N#Cc1cc(C2CC2)nnc1NC1CCCOCC1. The first kappa shape index (κ1) is 12.4. The zero-order valence-electron chi connectivity index (χ0n) is 10.9. The molecule has 5 heteroatoms. The van der Waals surface area contributed by atoms with E-state index in [9.17, 15) is 5.26 Å². The molecule has 100 valence electrons. The van der Waals surface area contributed by atoms with Crippen LogP contribution in [0.1, 0.15) is 49.3 Å². The van der Waals surface area contributed by atoms with Crippen molar-refractivity contribution in [3.8, 4) is 6.07 Å². The van der Waals surface area contributed by atoms with Gasteiger partial charge in [0.05, 0.1) is 11.3 Å². The van der Waals surface area contributed by atoms with E-state index in [1.165, 1.54) is 12.8 Å². The highest BCUT2D eigenvalue weighted by Gasteiger charge is 2.26. The van der Waals surface area contributed by atoms with Crippen molar-refractivity contribution in [3.63, 3.8) is 0 Å². The smallest absolute Gasteiger partial charge is 0.166 e. The van der Waals surface area contributed by atoms with Crippen LogP contribution in [0, 0.1) is 11.3 Å². The van der Waals surface area contributed by atoms with Gasteiger partial charge >= 0.3 is 0 Å². The van der Waals surface area contributed by atoms with Crippen LogP contribution in [0.4, 0.5) is 5.82 Å². The minimum absolute atomic E-state index is 0.329. The molecule has 1 saturated heterocycles. The van der Waals surface area contributed by atoms with Gasteiger partial charge in [-0.05, 0) is 38.2 Å². The number of nitrogens with zero attached hydrogens (tertiary/aromatic N) is 3. The Morgan fingerprint density at radius 3 is 2.89 bits per heavy atom. The van der Waals surface area contributed by atoms with E-state index in [0.717, 1.165) is 38.2 Å². The molecule has 19 heavy (non-hydrogen) atoms. The number of nitrogens with one attached hydrogen (secondary N) is 1. The van der Waals surface area contributed by atoms with Crippen LogP contribution in [-0.4, -0.2) is 29.5 Å². The van der Waals surface area contributed by atoms with E-state index in [2.05, 4.69) is 21.6 Å². The Bertz CT molecular complexity index is 485. The topological polar surface area (TPSA) is 70.8 Å². The second-order valence-corrected chi connectivity index (χ2v) is 5.30. The Balaban J connectivity index is 1.74. The number of hydrogen-bond donors (Lipinski definition) is 1. The summed E-state index contributed by atoms with van der Waals surface area (Å²) >= 11 is 0. The molecule has 2 fully saturated rings. The fourth-order valence-electron chi connectivity index (χ4n) is 2.42. The van der Waals surface area contributed by atoms with Crippen LogP contribution in [0.5, 0.6) is 0 Å². The molecule has 1 aromatic heterocycles. The second-order valence-electron chi connectivity index (χ2n) is 5.30. The third kappa shape index (κ3) is 3.02. The molecule has 0 bridgehead atoms. The zero-order valence-corrected chi connectivity index (χ0v) is 10.9. The van der Waals surface area contributed by atoms with E-state index in [-0.39, 0.29) is 0 Å². The summed E-state index contributed by atoms with van der Waals surface area (Å²) in [6.45, 7) is 1.60. The van der Waals surface area contributed by atoms with Crippen LogP contribution in [0.15, 0.2) is 6.07 Å². The van der Waals surface area contributed by atoms with Gasteiger partial charge in [0.15, 0.2) is 5.82 Å². The van der Waals surface area contributed by atoms with Crippen LogP contribution < -0.4 is 5.32 Å². The van der Waals surface area contributed by atoms with Crippen molar-refractivity contribution in [2.75, 3.05) is 18.5 Å². The van der Waals surface area contributed by atoms with Gasteiger partial charge in [0, 0.05) is 25.2 Å². The van der Waals surface area contributed by atoms with E-state index in [1.807, 2.05) is 6.07 Å². The van der Waals surface area contributed by atoms with Crippen LogP contribution >= 0.6 is 0 Å². The Labute approximate surface area is 113 Å². The predicted octanol–water partition coefficient (Wildman–Crippen LogP) is 2.21. The van der Waals surface area contributed by atoms with Gasteiger partial charge in [-0.25, -0.2) is 0 Å². The molecular weight excluding hydrogens is 240 g/mol. The number of ether oxygens (including phenoxy) is 1. The van der Waals surface area contributed by atoms with Crippen molar-refractivity contribution >= 4 is 5.82 Å². The fourth-order valence-corrected chi connectivity index (χ4v) is 2.42. The van der Waals surface area contributed by atoms with Crippen molar-refractivity contribution in [2.45, 2.75) is 44.1 Å². The van der Waals surface area contributed by atoms with Crippen LogP contribution in [0.3, 0.4) is 0 Å². The van der Waals surface area contributed by atoms with Crippen molar-refractivity contribution in [1.82, 2.24) is 10.2 Å². The quantitative estimate of drug-likeness (QED) is 0.900. The fraction of sp³-hybridized carbons (Fsp3) is 0.643. The lowest BCUT2D eigenvalue weighted by molar-refractivity contribution is 0.144. The Morgan fingerprint density at radius 2 is 2.11 bits per heavy atom. The van der Waals surface area contributed by atoms with Crippen molar-refractivity contribution in [1.29, 1.82) is 5.26 Å². The number of nitriles is 1. The van der Waals surface area contributed by atoms with Gasteiger partial charge in [-0.15, -0.1) is 5.10 Å². The number of hydrogen-bond acceptors (Lipinski definition) is 5. The monoisotopic (exact) mass is 258 g/mol. The maximum Gasteiger partial charge on any atom is 0.166 e. The van der Waals surface area contributed by atoms with Gasteiger partial charge in [0.2, 0.25) is 0 Å². The lowest BCUT2D eigenvalue weighted by atomic mass is 10.1. The predicted molar refractivity (Wildman–Crippen MR) is 70.8 cm³/mol. The molecule has 3 rings (SSSR count). The van der Waals surface area contributed by atoms with Crippen molar-refractivity contribution < 1.29 is 4.74 Å². The molecule has 0 radical (unpaired) electrons. The largest absolute Gasteiger partial charge is 0.381 e. The molecule has 1 aliphatic carbocycles. The highest BCUT2D eigenvalue weighted by atomic mass is 16.5. The van der Waals surface area contributed by atoms with Gasteiger partial charge in [-0.3, -0.25) is 0 Å². The third-order valence-electron chi connectivity index (χ3n) is 3.72. The zero-order chi connectivity index (χ0) is 13.1. The summed E-state index contributed by atoms with van der Waals surface area (Å²) in [6.07, 6.45) is 5.40. The van der Waals surface area contributed by atoms with Gasteiger partial charge in [0.25, 0.3) is 0 Å². The summed E-state index contributed by atoms with van der Waals surface area (Å²) in [5.41, 5.74) is 1.58. The second kappa shape index (κ2) is 5.54. The first-order valence-electron chi connectivity index (χ1n) is 6.99. The molecule has 0 amide bonds. The maximum atomic E-state index is 9.25. The van der Waals surface area contributed by atoms with Crippen molar-refractivity contribution in [2.24, 2.45) is 0 Å². The average molecular weight is 258 g/mol. The van der Waals surface area contributed by atoms with E-state index in [4.69, 9.17) is 4.74 Å². The van der Waals surface area contributed by atoms with E-state index >= 15 is 0 Å². The minimum atomic E-state index is 0.329. The summed E-state index contributed by atoms with van der Waals surface area (Å²) in [5, 5.41) is 21.1. The molecule has 0 spiro atoms. The first-order chi connectivity index (χ1) is 9.36. The summed E-state index contributed by atoms with van der Waals surface area (Å²) < 4.78 is 5.44. The normalized spacial score (nSPS) is 23.4.